The number of hydrogen-bond acceptors (Lipinski definition) is 6. The van der Waals surface area contributed by atoms with Crippen LogP contribution in [-0.2, 0) is 0 Å². The SMILES string of the molecule is c1ccc(-c2ccc(-c3nc(-c4cccc5c4oc4ccc6c(-c7ccccc7)nc7ccccc7c6c45)nc(-c4cccc5oc6ccccc6c45)n3)cc2)cc1. The molecule has 0 atom stereocenters. The van der Waals surface area contributed by atoms with Gasteiger partial charge in [-0.2, -0.15) is 0 Å². The average Bonchev–Trinajstić information content (AvgIpc) is 3.88. The second kappa shape index (κ2) is 12.8. The molecule has 4 aromatic heterocycles. The number of pyridine rings is 1. The summed E-state index contributed by atoms with van der Waals surface area (Å²) >= 11 is 0. The first-order valence-electron chi connectivity index (χ1n) is 19.3. The van der Waals surface area contributed by atoms with Crippen LogP contribution in [0.2, 0.25) is 0 Å². The molecule has 0 radical (unpaired) electrons. The van der Waals surface area contributed by atoms with E-state index >= 15 is 0 Å². The lowest BCUT2D eigenvalue weighted by Crippen LogP contribution is -2.00. The first kappa shape index (κ1) is 32.3. The molecule has 6 heteroatoms. The zero-order valence-corrected chi connectivity index (χ0v) is 30.9. The summed E-state index contributed by atoms with van der Waals surface area (Å²) in [4.78, 5) is 20.8. The first-order valence-corrected chi connectivity index (χ1v) is 19.3. The van der Waals surface area contributed by atoms with Gasteiger partial charge in [0.05, 0.1) is 16.8 Å². The number of rotatable bonds is 5. The van der Waals surface area contributed by atoms with Crippen LogP contribution in [0.5, 0.6) is 0 Å². The van der Waals surface area contributed by atoms with E-state index in [4.69, 9.17) is 28.8 Å². The zero-order chi connectivity index (χ0) is 38.2. The lowest BCUT2D eigenvalue weighted by molar-refractivity contribution is 0.668. The van der Waals surface area contributed by atoms with Crippen molar-refractivity contribution < 1.29 is 8.83 Å². The Balaban J connectivity index is 1.12. The third-order valence-electron chi connectivity index (χ3n) is 11.1. The van der Waals surface area contributed by atoms with E-state index in [1.165, 1.54) is 0 Å². The van der Waals surface area contributed by atoms with Gasteiger partial charge in [0, 0.05) is 54.4 Å². The van der Waals surface area contributed by atoms with Crippen LogP contribution < -0.4 is 0 Å². The van der Waals surface area contributed by atoms with E-state index < -0.39 is 0 Å². The van der Waals surface area contributed by atoms with Crippen molar-refractivity contribution in [2.75, 3.05) is 0 Å². The van der Waals surface area contributed by atoms with E-state index in [2.05, 4.69) is 127 Å². The molecule has 4 heterocycles. The molecule has 0 aliphatic carbocycles. The van der Waals surface area contributed by atoms with Crippen molar-refractivity contribution >= 4 is 65.6 Å². The van der Waals surface area contributed by atoms with Crippen LogP contribution in [0.25, 0.3) is 122 Å². The Morgan fingerprint density at radius 3 is 1.71 bits per heavy atom. The van der Waals surface area contributed by atoms with Gasteiger partial charge in [-0.3, -0.25) is 0 Å². The summed E-state index contributed by atoms with van der Waals surface area (Å²) in [5, 5.41) is 7.22. The maximum absolute atomic E-state index is 6.88. The summed E-state index contributed by atoms with van der Waals surface area (Å²) in [5.41, 5.74) is 10.8. The van der Waals surface area contributed by atoms with Crippen LogP contribution in [0.15, 0.2) is 191 Å². The molecule has 6 nitrogen and oxygen atoms in total. The predicted octanol–water partition coefficient (Wildman–Crippen LogP) is 13.7. The first-order chi connectivity index (χ1) is 28.7. The molecule has 12 aromatic rings. The highest BCUT2D eigenvalue weighted by atomic mass is 16.3. The summed E-state index contributed by atoms with van der Waals surface area (Å²) in [5.74, 6) is 1.63. The van der Waals surface area contributed by atoms with Gasteiger partial charge in [0.15, 0.2) is 17.5 Å². The van der Waals surface area contributed by atoms with E-state index in [1.807, 2.05) is 54.6 Å². The van der Waals surface area contributed by atoms with Crippen LogP contribution in [-0.4, -0.2) is 19.9 Å². The molecule has 0 aliphatic rings. The van der Waals surface area contributed by atoms with E-state index in [0.29, 0.717) is 23.1 Å². The van der Waals surface area contributed by atoms with Gasteiger partial charge in [-0.05, 0) is 47.5 Å². The van der Waals surface area contributed by atoms with Gasteiger partial charge >= 0.3 is 0 Å². The van der Waals surface area contributed by atoms with Crippen molar-refractivity contribution in [3.8, 4) is 56.5 Å². The monoisotopic (exact) mass is 742 g/mol. The lowest BCUT2D eigenvalue weighted by Gasteiger charge is -2.11. The fourth-order valence-electron chi connectivity index (χ4n) is 8.47. The molecule has 0 spiro atoms. The standard InChI is InChI=1S/C52H30N4O2/c1-3-13-31(14-4-1)32-25-27-34(28-26-32)50-54-51(39-20-12-24-43-45(39)36-18-8-10-23-42(36)57-43)56-52(55-50)40-21-11-19-38-47-44(58-49(38)40)30-29-37-46(47)35-17-7-9-22-41(35)53-48(37)33-15-5-2-6-16-33/h1-30H. The third kappa shape index (κ3) is 5.05. The average molecular weight is 743 g/mol. The zero-order valence-electron chi connectivity index (χ0n) is 30.9. The summed E-state index contributed by atoms with van der Waals surface area (Å²) in [6, 6.07) is 62.0. The topological polar surface area (TPSA) is 77.8 Å². The van der Waals surface area contributed by atoms with Gasteiger partial charge in [-0.25, -0.2) is 19.9 Å². The van der Waals surface area contributed by atoms with Crippen LogP contribution in [0, 0.1) is 0 Å². The Bertz CT molecular complexity index is 3560. The molecule has 0 saturated carbocycles. The summed E-state index contributed by atoms with van der Waals surface area (Å²) < 4.78 is 13.2. The number of hydrogen-bond donors (Lipinski definition) is 0. The molecule has 0 saturated heterocycles. The summed E-state index contributed by atoms with van der Waals surface area (Å²) in [6.07, 6.45) is 0. The van der Waals surface area contributed by atoms with Crippen LogP contribution in [0.3, 0.4) is 0 Å². The van der Waals surface area contributed by atoms with Gasteiger partial charge in [-0.15, -0.1) is 0 Å². The van der Waals surface area contributed by atoms with E-state index in [1.54, 1.807) is 0 Å². The second-order valence-electron chi connectivity index (χ2n) is 14.5. The molecule has 58 heavy (non-hydrogen) atoms. The second-order valence-corrected chi connectivity index (χ2v) is 14.5. The summed E-state index contributed by atoms with van der Waals surface area (Å²) in [7, 11) is 0. The Labute approximate surface area is 331 Å². The predicted molar refractivity (Wildman–Crippen MR) is 234 cm³/mol. The number of nitrogens with zero attached hydrogens (tertiary/aromatic N) is 4. The highest BCUT2D eigenvalue weighted by Crippen LogP contribution is 2.44. The molecule has 270 valence electrons. The summed E-state index contributed by atoms with van der Waals surface area (Å²) in [6.45, 7) is 0. The van der Waals surface area contributed by atoms with E-state index in [0.717, 1.165) is 99.0 Å². The van der Waals surface area contributed by atoms with Gasteiger partial charge < -0.3 is 8.83 Å². The van der Waals surface area contributed by atoms with Crippen molar-refractivity contribution in [1.29, 1.82) is 0 Å². The van der Waals surface area contributed by atoms with Gasteiger partial charge in [0.1, 0.15) is 22.3 Å². The number of fused-ring (bicyclic) bond motifs is 10. The molecule has 0 N–H and O–H groups in total. The van der Waals surface area contributed by atoms with Crippen molar-refractivity contribution in [3.63, 3.8) is 0 Å². The minimum absolute atomic E-state index is 0.516. The van der Waals surface area contributed by atoms with Crippen LogP contribution >= 0.6 is 0 Å². The largest absolute Gasteiger partial charge is 0.456 e. The number of para-hydroxylation sites is 3. The minimum Gasteiger partial charge on any atom is -0.456 e. The Hall–Kier alpha value is -7.96. The molecule has 12 rings (SSSR count). The Kier molecular flexibility index (Phi) is 7.13. The van der Waals surface area contributed by atoms with Crippen molar-refractivity contribution in [3.05, 3.63) is 182 Å². The van der Waals surface area contributed by atoms with Gasteiger partial charge in [-0.1, -0.05) is 146 Å². The Morgan fingerprint density at radius 2 is 0.879 bits per heavy atom. The van der Waals surface area contributed by atoms with Crippen molar-refractivity contribution in [2.45, 2.75) is 0 Å². The number of aromatic nitrogens is 4. The molecule has 0 amide bonds. The molecule has 0 unspecified atom stereocenters. The smallest absolute Gasteiger partial charge is 0.167 e. The molecule has 0 aliphatic heterocycles. The number of furan rings is 2. The maximum Gasteiger partial charge on any atom is 0.167 e. The Morgan fingerprint density at radius 1 is 0.293 bits per heavy atom. The minimum atomic E-state index is 0.516. The van der Waals surface area contributed by atoms with Gasteiger partial charge in [0.2, 0.25) is 0 Å². The number of benzene rings is 8. The fraction of sp³-hybridized carbons (Fsp3) is 0. The van der Waals surface area contributed by atoms with Crippen LogP contribution in [0.4, 0.5) is 0 Å². The molecular formula is C52H30N4O2. The molecular weight excluding hydrogens is 713 g/mol. The highest BCUT2D eigenvalue weighted by Gasteiger charge is 2.22. The molecule has 8 aromatic carbocycles. The van der Waals surface area contributed by atoms with E-state index in [9.17, 15) is 0 Å². The maximum atomic E-state index is 6.88. The quantitative estimate of drug-likeness (QED) is 0.163. The molecule has 0 fully saturated rings. The van der Waals surface area contributed by atoms with Crippen LogP contribution in [0.1, 0.15) is 0 Å². The molecule has 0 bridgehead atoms. The van der Waals surface area contributed by atoms with Crippen molar-refractivity contribution in [2.24, 2.45) is 0 Å². The highest BCUT2D eigenvalue weighted by molar-refractivity contribution is 6.29. The third-order valence-corrected chi connectivity index (χ3v) is 11.1. The van der Waals surface area contributed by atoms with Crippen molar-refractivity contribution in [1.82, 2.24) is 19.9 Å². The fourth-order valence-corrected chi connectivity index (χ4v) is 8.47. The lowest BCUT2D eigenvalue weighted by atomic mass is 9.96. The normalized spacial score (nSPS) is 11.8. The van der Waals surface area contributed by atoms with Gasteiger partial charge in [0.25, 0.3) is 0 Å². The van der Waals surface area contributed by atoms with E-state index in [-0.39, 0.29) is 0 Å².